The highest BCUT2D eigenvalue weighted by atomic mass is 35.5. The first-order valence-corrected chi connectivity index (χ1v) is 15.0. The van der Waals surface area contributed by atoms with Crippen molar-refractivity contribution in [2.45, 2.75) is 24.7 Å². The van der Waals surface area contributed by atoms with Gasteiger partial charge in [-0.2, -0.15) is 13.5 Å². The zero-order valence-electron chi connectivity index (χ0n) is 23.4. The third-order valence-electron chi connectivity index (χ3n) is 7.46. The molecule has 1 saturated heterocycles. The third kappa shape index (κ3) is 6.84. The lowest BCUT2D eigenvalue weighted by atomic mass is 9.78. The number of nitrogens with one attached hydrogen (secondary N) is 1. The quantitative estimate of drug-likeness (QED) is 0.160. The molecule has 5 rings (SSSR count). The molecule has 3 aromatic carbocycles. The molecule has 1 aromatic heterocycles. The van der Waals surface area contributed by atoms with Gasteiger partial charge in [-0.25, -0.2) is 9.63 Å². The van der Waals surface area contributed by atoms with Gasteiger partial charge in [0, 0.05) is 37.2 Å². The summed E-state index contributed by atoms with van der Waals surface area (Å²) in [7, 11) is -3.94. The summed E-state index contributed by atoms with van der Waals surface area (Å²) in [5.41, 5.74) is 1.88. The number of morpholine rings is 1. The van der Waals surface area contributed by atoms with Crippen molar-refractivity contribution >= 4 is 39.1 Å². The van der Waals surface area contributed by atoms with Crippen LogP contribution in [0.15, 0.2) is 98.1 Å². The van der Waals surface area contributed by atoms with Gasteiger partial charge in [0.1, 0.15) is 11.3 Å². The number of aryl methyl sites for hydroxylation is 1. The number of sulfonamides is 1. The SMILES string of the molecule is C/C(=N\NS(=O)(=O)c1ccc(C)cc1)C(CN1CCOCC1)C(c1ccccc1)c1c(O)c2ccccc2oc1=O.Cl. The molecular formula is C31H34ClN3O6S. The van der Waals surface area contributed by atoms with Crippen LogP contribution in [-0.4, -0.2) is 57.0 Å². The van der Waals surface area contributed by atoms with Crippen LogP contribution in [0.5, 0.6) is 5.75 Å². The molecule has 2 N–H and O–H groups in total. The van der Waals surface area contributed by atoms with Crippen molar-refractivity contribution in [3.63, 3.8) is 0 Å². The van der Waals surface area contributed by atoms with E-state index in [0.29, 0.717) is 43.9 Å². The highest BCUT2D eigenvalue weighted by Crippen LogP contribution is 2.39. The Morgan fingerprint density at radius 1 is 1.00 bits per heavy atom. The van der Waals surface area contributed by atoms with E-state index < -0.39 is 27.5 Å². The molecule has 2 unspecified atom stereocenters. The van der Waals surface area contributed by atoms with Gasteiger partial charge in [-0.3, -0.25) is 4.90 Å². The van der Waals surface area contributed by atoms with Gasteiger partial charge in [-0.15, -0.1) is 12.4 Å². The largest absolute Gasteiger partial charge is 0.507 e. The summed E-state index contributed by atoms with van der Waals surface area (Å²) >= 11 is 0. The smallest absolute Gasteiger partial charge is 0.343 e. The van der Waals surface area contributed by atoms with Crippen LogP contribution >= 0.6 is 12.4 Å². The van der Waals surface area contributed by atoms with E-state index in [0.717, 1.165) is 11.1 Å². The van der Waals surface area contributed by atoms with E-state index in [9.17, 15) is 18.3 Å². The molecular weight excluding hydrogens is 578 g/mol. The molecule has 4 aromatic rings. The van der Waals surface area contributed by atoms with Crippen LogP contribution in [0, 0.1) is 12.8 Å². The monoisotopic (exact) mass is 611 g/mol. The first-order chi connectivity index (χ1) is 19.7. The number of hydrogen-bond acceptors (Lipinski definition) is 8. The Hall–Kier alpha value is -3.70. The molecule has 9 nitrogen and oxygen atoms in total. The second-order valence-corrected chi connectivity index (χ2v) is 11.9. The topological polar surface area (TPSA) is 121 Å². The maximum Gasteiger partial charge on any atom is 0.343 e. The summed E-state index contributed by atoms with van der Waals surface area (Å²) in [5.74, 6) is -1.36. The van der Waals surface area contributed by atoms with Crippen molar-refractivity contribution in [3.05, 3.63) is 106 Å². The fraction of sp³-hybridized carbons (Fsp3) is 0.290. The average Bonchev–Trinajstić information content (AvgIpc) is 2.98. The highest BCUT2D eigenvalue weighted by Gasteiger charge is 2.35. The summed E-state index contributed by atoms with van der Waals surface area (Å²) in [6, 6.07) is 22.7. The second-order valence-electron chi connectivity index (χ2n) is 10.2. The average molecular weight is 612 g/mol. The zero-order valence-corrected chi connectivity index (χ0v) is 25.0. The molecule has 1 aliphatic rings. The van der Waals surface area contributed by atoms with Crippen LogP contribution < -0.4 is 10.5 Å². The van der Waals surface area contributed by atoms with Crippen molar-refractivity contribution in [3.8, 4) is 5.75 Å². The minimum Gasteiger partial charge on any atom is -0.507 e. The van der Waals surface area contributed by atoms with E-state index in [1.807, 2.05) is 37.3 Å². The molecule has 2 atom stereocenters. The Labute approximate surface area is 251 Å². The molecule has 42 heavy (non-hydrogen) atoms. The number of para-hydroxylation sites is 1. The van der Waals surface area contributed by atoms with Crippen molar-refractivity contribution in [2.75, 3.05) is 32.8 Å². The number of nitrogens with zero attached hydrogens (tertiary/aromatic N) is 2. The van der Waals surface area contributed by atoms with Gasteiger partial charge in [-0.1, -0.05) is 60.2 Å². The summed E-state index contributed by atoms with van der Waals surface area (Å²) in [4.78, 5) is 18.2. The third-order valence-corrected chi connectivity index (χ3v) is 8.69. The van der Waals surface area contributed by atoms with Crippen LogP contribution in [0.25, 0.3) is 11.0 Å². The highest BCUT2D eigenvalue weighted by molar-refractivity contribution is 7.89. The van der Waals surface area contributed by atoms with Crippen LogP contribution in [0.2, 0.25) is 0 Å². The Balaban J connectivity index is 0.00000405. The van der Waals surface area contributed by atoms with Gasteiger partial charge < -0.3 is 14.3 Å². The summed E-state index contributed by atoms with van der Waals surface area (Å²) in [6.07, 6.45) is 0. The van der Waals surface area contributed by atoms with Gasteiger partial charge in [0.15, 0.2) is 0 Å². The Bertz CT molecular complexity index is 1700. The first kappa shape index (κ1) is 31.2. The summed E-state index contributed by atoms with van der Waals surface area (Å²) in [6.45, 7) is 6.50. The number of fused-ring (bicyclic) bond motifs is 1. The van der Waals surface area contributed by atoms with Crippen molar-refractivity contribution in [1.82, 2.24) is 9.73 Å². The molecule has 0 amide bonds. The van der Waals surface area contributed by atoms with Gasteiger partial charge in [0.2, 0.25) is 0 Å². The Morgan fingerprint density at radius 2 is 1.64 bits per heavy atom. The fourth-order valence-corrected chi connectivity index (χ4v) is 6.07. The predicted molar refractivity (Wildman–Crippen MR) is 165 cm³/mol. The van der Waals surface area contributed by atoms with Crippen molar-refractivity contribution in [2.24, 2.45) is 11.0 Å². The van der Waals surface area contributed by atoms with E-state index >= 15 is 0 Å². The van der Waals surface area contributed by atoms with Crippen molar-refractivity contribution < 1.29 is 22.7 Å². The van der Waals surface area contributed by atoms with Gasteiger partial charge in [0.25, 0.3) is 10.0 Å². The first-order valence-electron chi connectivity index (χ1n) is 13.5. The summed E-state index contributed by atoms with van der Waals surface area (Å²) < 4.78 is 37.4. The molecule has 11 heteroatoms. The molecule has 2 heterocycles. The number of rotatable bonds is 9. The lowest BCUT2D eigenvalue weighted by molar-refractivity contribution is 0.0335. The van der Waals surface area contributed by atoms with Crippen LogP contribution in [0.3, 0.4) is 0 Å². The number of halogens is 1. The van der Waals surface area contributed by atoms with Crippen LogP contribution in [-0.2, 0) is 14.8 Å². The number of ether oxygens (including phenoxy) is 1. The van der Waals surface area contributed by atoms with E-state index in [1.54, 1.807) is 43.3 Å². The maximum atomic E-state index is 13.5. The number of benzene rings is 3. The number of hydrogen-bond donors (Lipinski definition) is 2. The molecule has 1 aliphatic heterocycles. The standard InChI is InChI=1S/C31H33N3O6S.ClH/c1-21-12-14-24(15-13-21)41(37,38)33-32-22(2)26(20-34-16-18-39-19-17-34)28(23-8-4-3-5-9-23)29-30(35)25-10-6-7-11-27(25)40-31(29)36;/h3-15,26,28,33,35H,16-20H2,1-2H3;1H/b32-22+;. The van der Waals surface area contributed by atoms with Crippen LogP contribution in [0.4, 0.5) is 0 Å². The van der Waals surface area contributed by atoms with Gasteiger partial charge >= 0.3 is 5.63 Å². The molecule has 0 radical (unpaired) electrons. The zero-order chi connectivity index (χ0) is 29.0. The summed E-state index contributed by atoms with van der Waals surface area (Å²) in [5, 5.41) is 16.3. The lowest BCUT2D eigenvalue weighted by Gasteiger charge is -2.34. The second kappa shape index (κ2) is 13.5. The lowest BCUT2D eigenvalue weighted by Crippen LogP contribution is -2.43. The van der Waals surface area contributed by atoms with E-state index in [-0.39, 0.29) is 34.2 Å². The van der Waals surface area contributed by atoms with Gasteiger partial charge in [-0.05, 0) is 43.7 Å². The number of aromatic hydroxyl groups is 1. The molecule has 222 valence electrons. The van der Waals surface area contributed by atoms with Gasteiger partial charge in [0.05, 0.1) is 29.1 Å². The van der Waals surface area contributed by atoms with Crippen molar-refractivity contribution in [1.29, 1.82) is 0 Å². The molecule has 0 aliphatic carbocycles. The predicted octanol–water partition coefficient (Wildman–Crippen LogP) is 4.66. The van der Waals surface area contributed by atoms with E-state index in [1.165, 1.54) is 12.1 Å². The Morgan fingerprint density at radius 3 is 2.33 bits per heavy atom. The minimum atomic E-state index is -3.94. The van der Waals surface area contributed by atoms with E-state index in [2.05, 4.69) is 14.8 Å². The molecule has 0 saturated carbocycles. The fourth-order valence-electron chi connectivity index (χ4n) is 5.21. The Kier molecular flexibility index (Phi) is 10.1. The van der Waals surface area contributed by atoms with E-state index in [4.69, 9.17) is 9.15 Å². The number of hydrazone groups is 1. The molecule has 0 bridgehead atoms. The van der Waals surface area contributed by atoms with Crippen LogP contribution in [0.1, 0.15) is 29.5 Å². The molecule has 0 spiro atoms. The maximum absolute atomic E-state index is 13.5. The molecule has 1 fully saturated rings. The normalized spacial score (nSPS) is 16.0. The minimum absolute atomic E-state index is 0.